The van der Waals surface area contributed by atoms with Crippen molar-refractivity contribution in [3.63, 3.8) is 0 Å². The van der Waals surface area contributed by atoms with E-state index in [9.17, 15) is 38.4 Å². The lowest BCUT2D eigenvalue weighted by Crippen LogP contribution is -2.35. The molecule has 5 amide bonds. The lowest BCUT2D eigenvalue weighted by Gasteiger charge is -2.12. The van der Waals surface area contributed by atoms with Gasteiger partial charge in [-0.05, 0) is 6.42 Å². The average Bonchev–Trinajstić information content (AvgIpc) is 3.24. The lowest BCUT2D eigenvalue weighted by atomic mass is 10.2. The summed E-state index contributed by atoms with van der Waals surface area (Å²) < 4.78 is 9.18. The Morgan fingerprint density at radius 3 is 1.62 bits per heavy atom. The number of ketones is 1. The number of hydroxylamine groups is 4. The van der Waals surface area contributed by atoms with Crippen LogP contribution in [-0.2, 0) is 47.9 Å². The molecular formula is C17H19N3O12. The first-order valence-electron chi connectivity index (χ1n) is 9.41. The van der Waals surface area contributed by atoms with Crippen LogP contribution in [0.5, 0.6) is 0 Å². The summed E-state index contributed by atoms with van der Waals surface area (Å²) in [5.41, 5.74) is 0. The van der Waals surface area contributed by atoms with Gasteiger partial charge < -0.3 is 14.8 Å². The molecule has 15 nitrogen and oxygen atoms in total. The molecule has 2 rings (SSSR count). The van der Waals surface area contributed by atoms with Crippen LogP contribution in [0.3, 0.4) is 0 Å². The molecule has 2 heterocycles. The lowest BCUT2D eigenvalue weighted by molar-refractivity contribution is -0.177. The molecule has 2 aliphatic heterocycles. The van der Waals surface area contributed by atoms with Crippen molar-refractivity contribution in [3.8, 4) is 0 Å². The van der Waals surface area contributed by atoms with Crippen molar-refractivity contribution < 1.29 is 57.5 Å². The van der Waals surface area contributed by atoms with Crippen molar-refractivity contribution in [2.45, 2.75) is 38.5 Å². The molecule has 0 aliphatic carbocycles. The molecule has 0 radical (unpaired) electrons. The van der Waals surface area contributed by atoms with Crippen molar-refractivity contribution in [1.29, 1.82) is 0 Å². The molecule has 174 valence electrons. The van der Waals surface area contributed by atoms with Crippen LogP contribution < -0.4 is 5.32 Å². The number of rotatable bonds is 10. The van der Waals surface area contributed by atoms with E-state index in [2.05, 4.69) is 24.5 Å². The molecule has 0 saturated carbocycles. The first-order chi connectivity index (χ1) is 15.2. The van der Waals surface area contributed by atoms with Gasteiger partial charge in [-0.25, -0.2) is 9.59 Å². The van der Waals surface area contributed by atoms with Gasteiger partial charge in [0.15, 0.2) is 0 Å². The molecule has 15 heteroatoms. The van der Waals surface area contributed by atoms with Crippen LogP contribution in [0.25, 0.3) is 0 Å². The Morgan fingerprint density at radius 2 is 1.16 bits per heavy atom. The largest absolute Gasteiger partial charge is 0.534 e. The average molecular weight is 457 g/mol. The second-order valence-electron chi connectivity index (χ2n) is 6.33. The first kappa shape index (κ1) is 24.2. The second kappa shape index (κ2) is 11.4. The molecule has 2 saturated heterocycles. The third kappa shape index (κ3) is 7.03. The number of carbonyl (C=O) groups is 8. The van der Waals surface area contributed by atoms with Crippen molar-refractivity contribution in [2.75, 3.05) is 19.8 Å². The fourth-order valence-electron chi connectivity index (χ4n) is 2.42. The molecule has 32 heavy (non-hydrogen) atoms. The highest BCUT2D eigenvalue weighted by atomic mass is 16.8. The fourth-order valence-corrected chi connectivity index (χ4v) is 2.42. The van der Waals surface area contributed by atoms with Gasteiger partial charge in [-0.1, -0.05) is 10.1 Å². The highest BCUT2D eigenvalue weighted by Gasteiger charge is 2.34. The normalized spacial score (nSPS) is 15.6. The van der Waals surface area contributed by atoms with E-state index in [0.717, 1.165) is 0 Å². The smallest absolute Gasteiger partial charge is 0.433 e. The number of nitrogens with zero attached hydrogens (tertiary/aromatic N) is 2. The second-order valence-corrected chi connectivity index (χ2v) is 6.33. The van der Waals surface area contributed by atoms with Crippen LogP contribution in [0.1, 0.15) is 38.5 Å². The van der Waals surface area contributed by atoms with E-state index >= 15 is 0 Å². The quantitative estimate of drug-likeness (QED) is 0.180. The molecule has 0 atom stereocenters. The standard InChI is InChI=1S/C17H19N3O12/c21-10(2-1-8-29-16(27)31-19-11(22)3-4-12(19)23)15(26)18-7-9-30-17(28)32-20-13(24)5-6-14(20)25/h1-9H2,(H,18,26). The van der Waals surface area contributed by atoms with Crippen LogP contribution in [0.2, 0.25) is 0 Å². The van der Waals surface area contributed by atoms with E-state index in [1.165, 1.54) is 0 Å². The molecule has 2 aliphatic rings. The van der Waals surface area contributed by atoms with Gasteiger partial charge in [0.1, 0.15) is 6.61 Å². The summed E-state index contributed by atoms with van der Waals surface area (Å²) in [5.74, 6) is -4.53. The zero-order chi connectivity index (χ0) is 23.7. The maximum absolute atomic E-state index is 11.7. The van der Waals surface area contributed by atoms with Crippen molar-refractivity contribution in [3.05, 3.63) is 0 Å². The van der Waals surface area contributed by atoms with E-state index in [4.69, 9.17) is 0 Å². The molecule has 0 bridgehead atoms. The van der Waals surface area contributed by atoms with Gasteiger partial charge in [-0.2, -0.15) is 0 Å². The van der Waals surface area contributed by atoms with Crippen molar-refractivity contribution >= 4 is 47.6 Å². The van der Waals surface area contributed by atoms with Crippen LogP contribution >= 0.6 is 0 Å². The first-order valence-corrected chi connectivity index (χ1v) is 9.41. The van der Waals surface area contributed by atoms with E-state index in [-0.39, 0.29) is 51.7 Å². The van der Waals surface area contributed by atoms with Crippen LogP contribution in [-0.4, -0.2) is 77.5 Å². The number of carbonyl (C=O) groups excluding carboxylic acids is 8. The van der Waals surface area contributed by atoms with Crippen molar-refractivity contribution in [2.24, 2.45) is 0 Å². The van der Waals surface area contributed by atoms with E-state index in [1.807, 2.05) is 0 Å². The van der Waals surface area contributed by atoms with Crippen LogP contribution in [0, 0.1) is 0 Å². The number of Topliss-reactive ketones (excluding diaryl/α,β-unsaturated/α-hetero) is 1. The summed E-state index contributed by atoms with van der Waals surface area (Å²) in [6.07, 6.45) is -3.24. The van der Waals surface area contributed by atoms with E-state index in [0.29, 0.717) is 10.1 Å². The third-order valence-electron chi connectivity index (χ3n) is 3.97. The summed E-state index contributed by atoms with van der Waals surface area (Å²) in [6, 6.07) is 0. The van der Waals surface area contributed by atoms with Gasteiger partial charge in [-0.15, -0.1) is 0 Å². The summed E-state index contributed by atoms with van der Waals surface area (Å²) in [6.45, 7) is -0.948. The van der Waals surface area contributed by atoms with Crippen LogP contribution in [0.4, 0.5) is 9.59 Å². The summed E-state index contributed by atoms with van der Waals surface area (Å²) >= 11 is 0. The predicted octanol–water partition coefficient (Wildman–Crippen LogP) is -1.11. The molecule has 2 fully saturated rings. The highest BCUT2D eigenvalue weighted by molar-refractivity contribution is 6.36. The third-order valence-corrected chi connectivity index (χ3v) is 3.97. The Labute approximate surface area is 179 Å². The monoisotopic (exact) mass is 457 g/mol. The summed E-state index contributed by atoms with van der Waals surface area (Å²) in [7, 11) is 0. The molecule has 1 N–H and O–H groups in total. The predicted molar refractivity (Wildman–Crippen MR) is 94.3 cm³/mol. The van der Waals surface area contributed by atoms with E-state index in [1.54, 1.807) is 0 Å². The van der Waals surface area contributed by atoms with Crippen molar-refractivity contribution in [1.82, 2.24) is 15.4 Å². The Hall–Kier alpha value is -4.04. The number of amides is 5. The molecular weight excluding hydrogens is 438 g/mol. The minimum Gasteiger partial charge on any atom is -0.433 e. The number of hydrogen-bond acceptors (Lipinski definition) is 12. The maximum atomic E-state index is 11.7. The van der Waals surface area contributed by atoms with Gasteiger partial charge in [0, 0.05) is 32.1 Å². The Kier molecular flexibility index (Phi) is 8.62. The summed E-state index contributed by atoms with van der Waals surface area (Å²) in [4.78, 5) is 100. The minimum absolute atomic E-state index is 0.0377. The summed E-state index contributed by atoms with van der Waals surface area (Å²) in [5, 5.41) is 2.77. The topological polar surface area (TPSA) is 192 Å². The number of nitrogens with one attached hydrogen (secondary N) is 1. The molecule has 0 unspecified atom stereocenters. The highest BCUT2D eigenvalue weighted by Crippen LogP contribution is 2.13. The van der Waals surface area contributed by atoms with E-state index < -0.39 is 54.2 Å². The molecule has 0 aromatic heterocycles. The Balaban J connectivity index is 1.53. The van der Waals surface area contributed by atoms with Gasteiger partial charge >= 0.3 is 12.3 Å². The molecule has 0 aromatic rings. The number of hydrogen-bond donors (Lipinski definition) is 1. The van der Waals surface area contributed by atoms with Gasteiger partial charge in [-0.3, -0.25) is 38.4 Å². The number of ether oxygens (including phenoxy) is 2. The SMILES string of the molecule is O=C(OCCCC(=O)C(=O)NCCOC(=O)ON1C(=O)CCC1=O)ON1C(=O)CCC1=O. The molecule has 0 spiro atoms. The zero-order valence-corrected chi connectivity index (χ0v) is 16.7. The fraction of sp³-hybridized carbons (Fsp3) is 0.529. The minimum atomic E-state index is -1.32. The number of imide groups is 2. The van der Waals surface area contributed by atoms with Crippen LogP contribution in [0.15, 0.2) is 0 Å². The maximum Gasteiger partial charge on any atom is 0.534 e. The Morgan fingerprint density at radius 1 is 0.719 bits per heavy atom. The van der Waals surface area contributed by atoms with Gasteiger partial charge in [0.05, 0.1) is 13.2 Å². The van der Waals surface area contributed by atoms with Gasteiger partial charge in [0.2, 0.25) is 5.78 Å². The van der Waals surface area contributed by atoms with Gasteiger partial charge in [0.25, 0.3) is 29.5 Å². The Bertz CT molecular complexity index is 739. The molecule has 0 aromatic carbocycles. The zero-order valence-electron chi connectivity index (χ0n) is 16.7.